The van der Waals surface area contributed by atoms with Gasteiger partial charge < -0.3 is 13.9 Å². The van der Waals surface area contributed by atoms with Gasteiger partial charge >= 0.3 is 0 Å². The zero-order valence-electron chi connectivity index (χ0n) is 17.0. The highest BCUT2D eigenvalue weighted by molar-refractivity contribution is 7.09. The standard InChI is InChI=1S/C21H24N4O4S/c1-14(25-6-8-28-9-7-25)10-19-22-21(30-24-19)23-20(26)18-12-16(13-29-18)15-4-3-5-17(11-15)27-2/h3-5,11-14H,6-10H2,1-2H3,(H,22,23,24,26). The van der Waals surface area contributed by atoms with Gasteiger partial charge in [-0.25, -0.2) is 4.98 Å². The van der Waals surface area contributed by atoms with Gasteiger partial charge in [-0.05, 0) is 30.7 Å². The van der Waals surface area contributed by atoms with Crippen LogP contribution in [-0.4, -0.2) is 59.6 Å². The van der Waals surface area contributed by atoms with Crippen LogP contribution in [0.1, 0.15) is 23.3 Å². The Bertz CT molecular complexity index is 996. The van der Waals surface area contributed by atoms with Crippen molar-refractivity contribution in [2.45, 2.75) is 19.4 Å². The molecule has 1 saturated heterocycles. The van der Waals surface area contributed by atoms with Gasteiger partial charge in [-0.15, -0.1) is 0 Å². The van der Waals surface area contributed by atoms with Crippen molar-refractivity contribution in [3.8, 4) is 16.9 Å². The maximum absolute atomic E-state index is 12.5. The maximum atomic E-state index is 12.5. The van der Waals surface area contributed by atoms with Crippen molar-refractivity contribution in [2.24, 2.45) is 0 Å². The predicted octanol–water partition coefficient (Wildman–Crippen LogP) is 3.32. The zero-order chi connectivity index (χ0) is 20.9. The molecule has 30 heavy (non-hydrogen) atoms. The van der Waals surface area contributed by atoms with Gasteiger partial charge in [-0.3, -0.25) is 15.0 Å². The van der Waals surface area contributed by atoms with E-state index >= 15 is 0 Å². The van der Waals surface area contributed by atoms with Crippen molar-refractivity contribution in [2.75, 3.05) is 38.7 Å². The van der Waals surface area contributed by atoms with Crippen molar-refractivity contribution in [3.63, 3.8) is 0 Å². The molecule has 1 unspecified atom stereocenters. The van der Waals surface area contributed by atoms with E-state index in [0.29, 0.717) is 11.2 Å². The molecule has 3 aromatic rings. The Morgan fingerprint density at radius 1 is 1.30 bits per heavy atom. The Morgan fingerprint density at radius 3 is 2.93 bits per heavy atom. The fourth-order valence-corrected chi connectivity index (χ4v) is 3.96. The molecule has 1 aliphatic rings. The highest BCUT2D eigenvalue weighted by Gasteiger charge is 2.20. The van der Waals surface area contributed by atoms with E-state index < -0.39 is 0 Å². The number of carbonyl (C=O) groups excluding carboxylic acids is 1. The van der Waals surface area contributed by atoms with Crippen LogP contribution in [0.2, 0.25) is 0 Å². The van der Waals surface area contributed by atoms with Crippen molar-refractivity contribution in [3.05, 3.63) is 48.2 Å². The van der Waals surface area contributed by atoms with E-state index in [1.807, 2.05) is 24.3 Å². The molecule has 0 radical (unpaired) electrons. The van der Waals surface area contributed by atoms with Gasteiger partial charge in [-0.1, -0.05) is 12.1 Å². The van der Waals surface area contributed by atoms with Crippen LogP contribution in [0.25, 0.3) is 11.1 Å². The summed E-state index contributed by atoms with van der Waals surface area (Å²) in [5.41, 5.74) is 1.71. The third-order valence-electron chi connectivity index (χ3n) is 5.06. The molecule has 1 aliphatic heterocycles. The molecule has 1 fully saturated rings. The molecule has 1 amide bonds. The molecule has 0 saturated carbocycles. The molecule has 2 aromatic heterocycles. The fourth-order valence-electron chi connectivity index (χ4n) is 3.37. The molecule has 1 N–H and O–H groups in total. The normalized spacial score (nSPS) is 15.7. The first-order valence-electron chi connectivity index (χ1n) is 9.81. The van der Waals surface area contributed by atoms with Crippen LogP contribution in [0.15, 0.2) is 41.0 Å². The number of amides is 1. The van der Waals surface area contributed by atoms with Gasteiger partial charge in [-0.2, -0.15) is 4.37 Å². The highest BCUT2D eigenvalue weighted by Crippen LogP contribution is 2.26. The second kappa shape index (κ2) is 9.38. The van der Waals surface area contributed by atoms with E-state index in [2.05, 4.69) is 26.5 Å². The van der Waals surface area contributed by atoms with Crippen LogP contribution in [0, 0.1) is 0 Å². The lowest BCUT2D eigenvalue weighted by Gasteiger charge is -2.31. The van der Waals surface area contributed by atoms with Gasteiger partial charge in [0, 0.05) is 42.6 Å². The van der Waals surface area contributed by atoms with Crippen molar-refractivity contribution < 1.29 is 18.7 Å². The first-order valence-corrected chi connectivity index (χ1v) is 10.6. The average Bonchev–Trinajstić information content (AvgIpc) is 3.44. The molecule has 1 aromatic carbocycles. The third-order valence-corrected chi connectivity index (χ3v) is 5.73. The summed E-state index contributed by atoms with van der Waals surface area (Å²) in [6.45, 7) is 5.52. The number of hydrogen-bond donors (Lipinski definition) is 1. The number of rotatable bonds is 7. The summed E-state index contributed by atoms with van der Waals surface area (Å²) in [5, 5.41) is 3.23. The quantitative estimate of drug-likeness (QED) is 0.617. The molecule has 0 aliphatic carbocycles. The van der Waals surface area contributed by atoms with Crippen LogP contribution >= 0.6 is 11.5 Å². The molecular weight excluding hydrogens is 404 g/mol. The van der Waals surface area contributed by atoms with Gasteiger partial charge in [0.25, 0.3) is 5.91 Å². The minimum Gasteiger partial charge on any atom is -0.497 e. The van der Waals surface area contributed by atoms with E-state index in [0.717, 1.165) is 55.4 Å². The SMILES string of the molecule is COc1cccc(-c2coc(C(=O)Nc3nc(CC(C)N4CCOCC4)ns3)c2)c1. The molecule has 9 heteroatoms. The van der Waals surface area contributed by atoms with Crippen LogP contribution in [0.3, 0.4) is 0 Å². The molecule has 4 rings (SSSR count). The lowest BCUT2D eigenvalue weighted by molar-refractivity contribution is 0.0200. The van der Waals surface area contributed by atoms with E-state index in [1.54, 1.807) is 19.4 Å². The topological polar surface area (TPSA) is 89.7 Å². The fraction of sp³-hybridized carbons (Fsp3) is 0.381. The van der Waals surface area contributed by atoms with E-state index in [-0.39, 0.29) is 11.7 Å². The number of benzene rings is 1. The zero-order valence-corrected chi connectivity index (χ0v) is 17.8. The molecule has 8 nitrogen and oxygen atoms in total. The van der Waals surface area contributed by atoms with Crippen LogP contribution in [-0.2, 0) is 11.2 Å². The lowest BCUT2D eigenvalue weighted by Crippen LogP contribution is -2.43. The van der Waals surface area contributed by atoms with Gasteiger partial charge in [0.1, 0.15) is 11.6 Å². The first-order chi connectivity index (χ1) is 14.6. The van der Waals surface area contributed by atoms with Crippen molar-refractivity contribution in [1.29, 1.82) is 0 Å². The van der Waals surface area contributed by atoms with E-state index in [9.17, 15) is 4.79 Å². The Labute approximate surface area is 179 Å². The summed E-state index contributed by atoms with van der Waals surface area (Å²) >= 11 is 1.17. The number of ether oxygens (including phenoxy) is 2. The average molecular weight is 429 g/mol. The Morgan fingerprint density at radius 2 is 2.13 bits per heavy atom. The number of morpholine rings is 1. The molecule has 0 bridgehead atoms. The number of hydrogen-bond acceptors (Lipinski definition) is 8. The van der Waals surface area contributed by atoms with Gasteiger partial charge in [0.2, 0.25) is 5.13 Å². The van der Waals surface area contributed by atoms with Crippen molar-refractivity contribution in [1.82, 2.24) is 14.3 Å². The molecule has 158 valence electrons. The molecule has 1 atom stereocenters. The largest absolute Gasteiger partial charge is 0.497 e. The summed E-state index contributed by atoms with van der Waals surface area (Å²) in [6, 6.07) is 9.60. The number of nitrogens with zero attached hydrogens (tertiary/aromatic N) is 3. The Kier molecular flexibility index (Phi) is 6.41. The number of nitrogens with one attached hydrogen (secondary N) is 1. The van der Waals surface area contributed by atoms with Gasteiger partial charge in [0.15, 0.2) is 5.76 Å². The van der Waals surface area contributed by atoms with Gasteiger partial charge in [0.05, 0.1) is 26.6 Å². The predicted molar refractivity (Wildman–Crippen MR) is 114 cm³/mol. The smallest absolute Gasteiger partial charge is 0.293 e. The second-order valence-corrected chi connectivity index (χ2v) is 7.85. The number of anilines is 1. The monoisotopic (exact) mass is 428 g/mol. The first kappa shape index (κ1) is 20.5. The molecular formula is C21H24N4O4S. The summed E-state index contributed by atoms with van der Waals surface area (Å²) in [4.78, 5) is 19.4. The summed E-state index contributed by atoms with van der Waals surface area (Å²) in [5.74, 6) is 1.33. The highest BCUT2D eigenvalue weighted by atomic mass is 32.1. The van der Waals surface area contributed by atoms with Crippen LogP contribution < -0.4 is 10.1 Å². The van der Waals surface area contributed by atoms with Crippen molar-refractivity contribution >= 4 is 22.6 Å². The van der Waals surface area contributed by atoms with Crippen LogP contribution in [0.4, 0.5) is 5.13 Å². The third kappa shape index (κ3) is 4.86. The minimum atomic E-state index is -0.354. The lowest BCUT2D eigenvalue weighted by atomic mass is 10.1. The van der Waals surface area contributed by atoms with Crippen LogP contribution in [0.5, 0.6) is 5.75 Å². The summed E-state index contributed by atoms with van der Waals surface area (Å²) in [6.07, 6.45) is 2.28. The van der Waals surface area contributed by atoms with E-state index in [4.69, 9.17) is 13.9 Å². The Hall–Kier alpha value is -2.75. The number of carbonyl (C=O) groups is 1. The second-order valence-electron chi connectivity index (χ2n) is 7.10. The molecule has 0 spiro atoms. The maximum Gasteiger partial charge on any atom is 0.293 e. The number of methoxy groups -OCH3 is 1. The number of furan rings is 1. The summed E-state index contributed by atoms with van der Waals surface area (Å²) < 4.78 is 20.5. The minimum absolute atomic E-state index is 0.214. The Balaban J connectivity index is 1.37. The molecule has 3 heterocycles. The number of aromatic nitrogens is 2. The van der Waals surface area contributed by atoms with E-state index in [1.165, 1.54) is 11.5 Å². The summed E-state index contributed by atoms with van der Waals surface area (Å²) in [7, 11) is 1.62.